The van der Waals surface area contributed by atoms with Crippen LogP contribution in [0.1, 0.15) is 24.0 Å². The Morgan fingerprint density at radius 1 is 0.297 bits per heavy atom. The summed E-state index contributed by atoms with van der Waals surface area (Å²) in [5.41, 5.74) is 14.7. The molecular formula is C60H48N4. The minimum atomic E-state index is 0.937. The van der Waals surface area contributed by atoms with E-state index in [4.69, 9.17) is 0 Å². The Kier molecular flexibility index (Phi) is 9.56. The molecule has 4 nitrogen and oxygen atoms in total. The largest absolute Gasteiger partial charge is 0.340 e. The standard InChI is InChI=1S/C60H48N4/c1-4-24-47(25-5-1)63(48-26-6-2-7-27-48)51-34-36-53-55(41-51)59(61-38-16-22-44-19-12-14-30-57(44)61)54-37-35-52(42-56(54)60(53)62-39-17-23-45-20-13-15-31-58(45)62)64(49-28-8-3-9-29-49)50-33-32-43-18-10-11-21-46(43)40-50/h1-15,18-21,24-37,40-42H,16-17,22-23,38-39H2. The average Bonchev–Trinajstić information content (AvgIpc) is 3.36. The first-order valence-corrected chi connectivity index (χ1v) is 22.8. The molecule has 0 atom stereocenters. The molecule has 2 aliphatic rings. The van der Waals surface area contributed by atoms with Gasteiger partial charge in [-0.3, -0.25) is 0 Å². The molecule has 4 heteroatoms. The number of aryl methyl sites for hydroxylation is 2. The van der Waals surface area contributed by atoms with Crippen LogP contribution in [0.5, 0.6) is 0 Å². The maximum absolute atomic E-state index is 2.63. The van der Waals surface area contributed by atoms with Crippen molar-refractivity contribution in [2.24, 2.45) is 0 Å². The normalized spacial score (nSPS) is 13.5. The predicted molar refractivity (Wildman–Crippen MR) is 272 cm³/mol. The van der Waals surface area contributed by atoms with Crippen molar-refractivity contribution in [2.75, 3.05) is 32.7 Å². The molecule has 0 saturated heterocycles. The summed E-state index contributed by atoms with van der Waals surface area (Å²) in [7, 11) is 0. The first-order chi connectivity index (χ1) is 31.8. The molecule has 0 radical (unpaired) electrons. The molecule has 0 N–H and O–H groups in total. The molecule has 64 heavy (non-hydrogen) atoms. The van der Waals surface area contributed by atoms with Gasteiger partial charge in [-0.2, -0.15) is 0 Å². The molecule has 2 aliphatic heterocycles. The summed E-state index contributed by atoms with van der Waals surface area (Å²) in [6.07, 6.45) is 4.33. The van der Waals surface area contributed by atoms with E-state index in [0.717, 1.165) is 72.9 Å². The Labute approximate surface area is 375 Å². The summed E-state index contributed by atoms with van der Waals surface area (Å²) in [5.74, 6) is 0. The molecule has 0 bridgehead atoms. The summed E-state index contributed by atoms with van der Waals surface area (Å²) in [6, 6.07) is 80.6. The van der Waals surface area contributed by atoms with E-state index in [1.54, 1.807) is 0 Å². The fourth-order valence-corrected chi connectivity index (χ4v) is 10.5. The number of hydrogen-bond acceptors (Lipinski definition) is 4. The summed E-state index contributed by atoms with van der Waals surface area (Å²) in [4.78, 5) is 10.1. The van der Waals surface area contributed by atoms with Crippen LogP contribution in [0.4, 0.5) is 56.9 Å². The van der Waals surface area contributed by atoms with Crippen LogP contribution < -0.4 is 19.6 Å². The number of fused-ring (bicyclic) bond motifs is 5. The molecule has 0 aromatic heterocycles. The second-order valence-corrected chi connectivity index (χ2v) is 17.1. The van der Waals surface area contributed by atoms with Crippen LogP contribution in [0.15, 0.2) is 218 Å². The molecule has 10 aromatic carbocycles. The number of benzene rings is 10. The van der Waals surface area contributed by atoms with Crippen LogP contribution in [0.25, 0.3) is 32.3 Å². The topological polar surface area (TPSA) is 13.0 Å². The lowest BCUT2D eigenvalue weighted by Gasteiger charge is -2.37. The van der Waals surface area contributed by atoms with Crippen molar-refractivity contribution < 1.29 is 0 Å². The Hall–Kier alpha value is -7.82. The van der Waals surface area contributed by atoms with Gasteiger partial charge in [0.25, 0.3) is 0 Å². The van der Waals surface area contributed by atoms with Gasteiger partial charge in [0.2, 0.25) is 0 Å². The first kappa shape index (κ1) is 37.9. The van der Waals surface area contributed by atoms with E-state index >= 15 is 0 Å². The van der Waals surface area contributed by atoms with Crippen molar-refractivity contribution in [1.29, 1.82) is 0 Å². The molecule has 0 aliphatic carbocycles. The van der Waals surface area contributed by atoms with Crippen LogP contribution >= 0.6 is 0 Å². The smallest absolute Gasteiger partial charge is 0.0572 e. The predicted octanol–water partition coefficient (Wildman–Crippen LogP) is 16.3. The zero-order valence-electron chi connectivity index (χ0n) is 35.8. The first-order valence-electron chi connectivity index (χ1n) is 22.8. The zero-order valence-corrected chi connectivity index (χ0v) is 35.8. The van der Waals surface area contributed by atoms with Gasteiger partial charge in [0.15, 0.2) is 0 Å². The molecule has 10 aromatic rings. The third-order valence-electron chi connectivity index (χ3n) is 13.3. The Balaban J connectivity index is 1.18. The van der Waals surface area contributed by atoms with Crippen molar-refractivity contribution >= 4 is 89.2 Å². The van der Waals surface area contributed by atoms with Crippen LogP contribution in [-0.4, -0.2) is 13.1 Å². The SMILES string of the molecule is c1ccc(N(c2ccccc2)c2ccc3c(N4CCCc5ccccc54)c4cc(N(c5ccccc5)c5ccc6ccccc6c5)ccc4c(N4CCCc5ccccc54)c3c2)cc1. The number of rotatable bonds is 8. The van der Waals surface area contributed by atoms with Gasteiger partial charge in [-0.1, -0.05) is 133 Å². The van der Waals surface area contributed by atoms with Gasteiger partial charge in [0.05, 0.1) is 11.4 Å². The zero-order chi connectivity index (χ0) is 42.4. The van der Waals surface area contributed by atoms with E-state index in [2.05, 4.69) is 238 Å². The lowest BCUT2D eigenvalue weighted by Crippen LogP contribution is -2.27. The highest BCUT2D eigenvalue weighted by molar-refractivity contribution is 6.23. The number of hydrogen-bond donors (Lipinski definition) is 0. The summed E-state index contributed by atoms with van der Waals surface area (Å²) in [6.45, 7) is 1.87. The quantitative estimate of drug-likeness (QED) is 0.142. The van der Waals surface area contributed by atoms with Crippen LogP contribution in [-0.2, 0) is 12.8 Å². The fraction of sp³-hybridized carbons (Fsp3) is 0.100. The van der Waals surface area contributed by atoms with Gasteiger partial charge in [-0.25, -0.2) is 0 Å². The minimum absolute atomic E-state index is 0.937. The molecule has 0 spiro atoms. The highest BCUT2D eigenvalue weighted by Gasteiger charge is 2.29. The summed E-state index contributed by atoms with van der Waals surface area (Å²) < 4.78 is 0. The summed E-state index contributed by atoms with van der Waals surface area (Å²) >= 11 is 0. The third-order valence-corrected chi connectivity index (χ3v) is 13.3. The van der Waals surface area contributed by atoms with E-state index in [9.17, 15) is 0 Å². The van der Waals surface area contributed by atoms with Gasteiger partial charge in [0.1, 0.15) is 0 Å². The van der Waals surface area contributed by atoms with Crippen molar-refractivity contribution in [3.63, 3.8) is 0 Å². The molecule has 308 valence electrons. The highest BCUT2D eigenvalue weighted by Crippen LogP contribution is 2.52. The van der Waals surface area contributed by atoms with E-state index in [1.807, 2.05) is 0 Å². The van der Waals surface area contributed by atoms with E-state index in [0.29, 0.717) is 0 Å². The fourth-order valence-electron chi connectivity index (χ4n) is 10.5. The Morgan fingerprint density at radius 3 is 1.19 bits per heavy atom. The van der Waals surface area contributed by atoms with Gasteiger partial charge in [0, 0.05) is 80.1 Å². The lowest BCUT2D eigenvalue weighted by molar-refractivity contribution is 0.768. The third kappa shape index (κ3) is 6.62. The van der Waals surface area contributed by atoms with Gasteiger partial charge >= 0.3 is 0 Å². The summed E-state index contributed by atoms with van der Waals surface area (Å²) in [5, 5.41) is 7.46. The van der Waals surface area contributed by atoms with Gasteiger partial charge < -0.3 is 19.6 Å². The average molecular weight is 825 g/mol. The molecule has 2 heterocycles. The Bertz CT molecular complexity index is 3270. The lowest BCUT2D eigenvalue weighted by atomic mass is 9.91. The van der Waals surface area contributed by atoms with Crippen molar-refractivity contribution in [3.8, 4) is 0 Å². The van der Waals surface area contributed by atoms with Gasteiger partial charge in [-0.15, -0.1) is 0 Å². The number of nitrogens with zero attached hydrogens (tertiary/aromatic N) is 4. The van der Waals surface area contributed by atoms with E-state index in [-0.39, 0.29) is 0 Å². The van der Waals surface area contributed by atoms with Crippen molar-refractivity contribution in [3.05, 3.63) is 230 Å². The Morgan fingerprint density at radius 2 is 0.688 bits per heavy atom. The molecule has 12 rings (SSSR count). The van der Waals surface area contributed by atoms with E-state index < -0.39 is 0 Å². The molecule has 0 unspecified atom stereocenters. The maximum Gasteiger partial charge on any atom is 0.0572 e. The van der Waals surface area contributed by atoms with E-state index in [1.165, 1.54) is 66.2 Å². The molecule has 0 amide bonds. The van der Waals surface area contributed by atoms with Crippen LogP contribution in [0, 0.1) is 0 Å². The van der Waals surface area contributed by atoms with Crippen molar-refractivity contribution in [2.45, 2.75) is 25.7 Å². The number of anilines is 10. The molecular weight excluding hydrogens is 777 g/mol. The molecule has 0 saturated carbocycles. The van der Waals surface area contributed by atoms with Crippen molar-refractivity contribution in [1.82, 2.24) is 0 Å². The second kappa shape index (κ2) is 16.1. The van der Waals surface area contributed by atoms with Crippen LogP contribution in [0.3, 0.4) is 0 Å². The monoisotopic (exact) mass is 824 g/mol. The molecule has 0 fully saturated rings. The highest BCUT2D eigenvalue weighted by atomic mass is 15.2. The second-order valence-electron chi connectivity index (χ2n) is 17.1. The maximum atomic E-state index is 2.63. The number of para-hydroxylation sites is 5. The van der Waals surface area contributed by atoms with Gasteiger partial charge in [-0.05, 0) is 133 Å². The van der Waals surface area contributed by atoms with Crippen LogP contribution in [0.2, 0.25) is 0 Å². The minimum Gasteiger partial charge on any atom is -0.340 e.